The lowest BCUT2D eigenvalue weighted by molar-refractivity contribution is -0.122. The molecule has 0 radical (unpaired) electrons. The third-order valence-corrected chi connectivity index (χ3v) is 5.75. The van der Waals surface area contributed by atoms with Gasteiger partial charge in [0.1, 0.15) is 5.75 Å². The van der Waals surface area contributed by atoms with Gasteiger partial charge in [0.25, 0.3) is 11.8 Å². The van der Waals surface area contributed by atoms with Crippen LogP contribution in [0, 0.1) is 0 Å². The highest BCUT2D eigenvalue weighted by molar-refractivity contribution is 5.95. The Kier molecular flexibility index (Phi) is 4.43. The molecule has 33 heavy (non-hydrogen) atoms. The molecule has 3 heterocycles. The number of amides is 1. The normalized spacial score (nSPS) is 14.8. The van der Waals surface area contributed by atoms with Crippen molar-refractivity contribution >= 4 is 22.5 Å². The zero-order chi connectivity index (χ0) is 22.4. The molecule has 5 aromatic rings. The molecule has 8 heteroatoms. The molecule has 0 fully saturated rings. The number of benzene rings is 3. The first-order valence-electron chi connectivity index (χ1n) is 10.6. The Hall–Kier alpha value is -4.46. The number of hydrogen-bond donors (Lipinski definition) is 1. The lowest BCUT2D eigenvalue weighted by Gasteiger charge is -2.11. The first kappa shape index (κ1) is 19.2. The summed E-state index contributed by atoms with van der Waals surface area (Å²) in [6, 6.07) is 20.9. The van der Waals surface area contributed by atoms with E-state index in [1.54, 1.807) is 4.68 Å². The molecule has 6 rings (SSSR count). The van der Waals surface area contributed by atoms with Crippen molar-refractivity contribution in [1.82, 2.24) is 19.9 Å². The fraction of sp³-hybridized carbons (Fsp3) is 0.120. The molecule has 3 aromatic carbocycles. The molecule has 0 spiro atoms. The minimum Gasteiger partial charge on any atom is -0.480 e. The van der Waals surface area contributed by atoms with Crippen molar-refractivity contribution in [3.05, 3.63) is 78.5 Å². The van der Waals surface area contributed by atoms with Crippen LogP contribution in [0.15, 0.2) is 77.4 Å². The Morgan fingerprint density at radius 2 is 1.97 bits per heavy atom. The minimum atomic E-state index is -0.553. The van der Waals surface area contributed by atoms with Crippen molar-refractivity contribution in [1.29, 1.82) is 0 Å². The van der Waals surface area contributed by atoms with Crippen LogP contribution in [-0.2, 0) is 18.3 Å². The van der Waals surface area contributed by atoms with Crippen molar-refractivity contribution in [2.45, 2.75) is 12.5 Å². The summed E-state index contributed by atoms with van der Waals surface area (Å²) in [4.78, 5) is 17.3. The van der Waals surface area contributed by atoms with Crippen LogP contribution in [0.3, 0.4) is 0 Å². The second-order valence-corrected chi connectivity index (χ2v) is 7.95. The molecule has 1 unspecified atom stereocenters. The number of carbonyl (C=O) groups is 1. The van der Waals surface area contributed by atoms with E-state index in [0.29, 0.717) is 29.4 Å². The summed E-state index contributed by atoms with van der Waals surface area (Å²) in [6.45, 7) is 0. The number of fused-ring (bicyclic) bond motifs is 2. The van der Waals surface area contributed by atoms with Gasteiger partial charge in [0.2, 0.25) is 5.82 Å². The Labute approximate surface area is 188 Å². The highest BCUT2D eigenvalue weighted by atomic mass is 16.5. The quantitative estimate of drug-likeness (QED) is 0.452. The van der Waals surface area contributed by atoms with Gasteiger partial charge in [-0.15, -0.1) is 0 Å². The SMILES string of the molecule is Cn1ncc2ccc(-c3noc(-c4cccc(NC(=O)C5Cc6ccccc6O5)c4)n3)cc21. The molecule has 8 nitrogen and oxygen atoms in total. The molecule has 0 bridgehead atoms. The van der Waals surface area contributed by atoms with Gasteiger partial charge in [0.15, 0.2) is 6.10 Å². The molecule has 1 atom stereocenters. The second-order valence-electron chi connectivity index (χ2n) is 7.95. The summed E-state index contributed by atoms with van der Waals surface area (Å²) < 4.78 is 13.1. The first-order chi connectivity index (χ1) is 16.1. The molecule has 1 aliphatic rings. The van der Waals surface area contributed by atoms with Crippen LogP contribution in [0.5, 0.6) is 5.75 Å². The molecule has 2 aromatic heterocycles. The maximum atomic E-state index is 12.7. The summed E-state index contributed by atoms with van der Waals surface area (Å²) in [5.74, 6) is 1.42. The van der Waals surface area contributed by atoms with E-state index >= 15 is 0 Å². The van der Waals surface area contributed by atoms with Gasteiger partial charge >= 0.3 is 0 Å². The van der Waals surface area contributed by atoms with Crippen LogP contribution < -0.4 is 10.1 Å². The fourth-order valence-corrected chi connectivity index (χ4v) is 4.02. The van der Waals surface area contributed by atoms with E-state index in [-0.39, 0.29) is 5.91 Å². The van der Waals surface area contributed by atoms with Crippen molar-refractivity contribution in [3.63, 3.8) is 0 Å². The van der Waals surface area contributed by atoms with E-state index in [4.69, 9.17) is 9.26 Å². The van der Waals surface area contributed by atoms with Crippen LogP contribution in [0.2, 0.25) is 0 Å². The smallest absolute Gasteiger partial charge is 0.265 e. The van der Waals surface area contributed by atoms with Gasteiger partial charge in [-0.05, 0) is 35.9 Å². The zero-order valence-electron chi connectivity index (χ0n) is 17.7. The monoisotopic (exact) mass is 437 g/mol. The number of rotatable bonds is 4. The van der Waals surface area contributed by atoms with Crippen molar-refractivity contribution in [2.75, 3.05) is 5.32 Å². The van der Waals surface area contributed by atoms with E-state index < -0.39 is 6.10 Å². The maximum absolute atomic E-state index is 12.7. The van der Waals surface area contributed by atoms with E-state index in [2.05, 4.69) is 20.6 Å². The highest BCUT2D eigenvalue weighted by Gasteiger charge is 2.28. The lowest BCUT2D eigenvalue weighted by atomic mass is 10.1. The standard InChI is InChI=1S/C25H19N5O3/c1-30-20-12-16(9-10-18(20)14-26-30)23-28-25(33-29-23)17-6-4-7-19(11-17)27-24(31)22-13-15-5-2-3-8-21(15)32-22/h2-12,14,22H,13H2,1H3,(H,27,31). The number of aromatic nitrogens is 4. The van der Waals surface area contributed by atoms with Crippen LogP contribution in [0.4, 0.5) is 5.69 Å². The molecule has 0 saturated heterocycles. The van der Waals surface area contributed by atoms with Gasteiger partial charge < -0.3 is 14.6 Å². The maximum Gasteiger partial charge on any atom is 0.265 e. The van der Waals surface area contributed by atoms with E-state index in [0.717, 1.165) is 27.8 Å². The molecule has 1 N–H and O–H groups in total. The second kappa shape index (κ2) is 7.59. The first-order valence-corrected chi connectivity index (χ1v) is 10.6. The molecular formula is C25H19N5O3. The predicted molar refractivity (Wildman–Crippen MR) is 123 cm³/mol. The minimum absolute atomic E-state index is 0.195. The number of carbonyl (C=O) groups excluding carboxylic acids is 1. The van der Waals surface area contributed by atoms with E-state index in [9.17, 15) is 4.79 Å². The van der Waals surface area contributed by atoms with Crippen LogP contribution in [0.25, 0.3) is 33.7 Å². The van der Waals surface area contributed by atoms with Crippen molar-refractivity contribution in [3.8, 4) is 28.6 Å². The molecule has 162 valence electrons. The van der Waals surface area contributed by atoms with Crippen LogP contribution >= 0.6 is 0 Å². The number of aryl methyl sites for hydroxylation is 1. The van der Waals surface area contributed by atoms with Gasteiger partial charge in [0, 0.05) is 35.7 Å². The topological polar surface area (TPSA) is 95.1 Å². The van der Waals surface area contributed by atoms with Crippen LogP contribution in [0.1, 0.15) is 5.56 Å². The van der Waals surface area contributed by atoms with Gasteiger partial charge in [-0.3, -0.25) is 9.48 Å². The molecule has 0 saturated carbocycles. The Morgan fingerprint density at radius 3 is 2.88 bits per heavy atom. The lowest BCUT2D eigenvalue weighted by Crippen LogP contribution is -2.31. The molecule has 1 aliphatic heterocycles. The zero-order valence-corrected chi connectivity index (χ0v) is 17.7. The molecule has 1 amide bonds. The predicted octanol–water partition coefficient (Wildman–Crippen LogP) is 4.23. The summed E-state index contributed by atoms with van der Waals surface area (Å²) in [7, 11) is 1.89. The largest absolute Gasteiger partial charge is 0.480 e. The van der Waals surface area contributed by atoms with Crippen molar-refractivity contribution < 1.29 is 14.1 Å². The number of nitrogens with one attached hydrogen (secondary N) is 1. The van der Waals surface area contributed by atoms with Gasteiger partial charge in [-0.25, -0.2) is 0 Å². The average Bonchev–Trinajstić information content (AvgIpc) is 3.58. The van der Waals surface area contributed by atoms with E-state index in [1.165, 1.54) is 0 Å². The Morgan fingerprint density at radius 1 is 1.06 bits per heavy atom. The third kappa shape index (κ3) is 3.51. The molecule has 0 aliphatic carbocycles. The highest BCUT2D eigenvalue weighted by Crippen LogP contribution is 2.30. The fourth-order valence-electron chi connectivity index (χ4n) is 4.02. The van der Waals surface area contributed by atoms with Gasteiger partial charge in [-0.1, -0.05) is 41.6 Å². The summed E-state index contributed by atoms with van der Waals surface area (Å²) in [5, 5.41) is 12.4. The van der Waals surface area contributed by atoms with Gasteiger partial charge in [0.05, 0.1) is 11.7 Å². The Bertz CT molecular complexity index is 1480. The summed E-state index contributed by atoms with van der Waals surface area (Å²) >= 11 is 0. The number of ether oxygens (including phenoxy) is 1. The Balaban J connectivity index is 1.21. The van der Waals surface area contributed by atoms with Crippen LogP contribution in [-0.4, -0.2) is 31.9 Å². The summed E-state index contributed by atoms with van der Waals surface area (Å²) in [5.41, 5.74) is 4.20. The third-order valence-electron chi connectivity index (χ3n) is 5.75. The number of anilines is 1. The number of hydrogen-bond acceptors (Lipinski definition) is 6. The van der Waals surface area contributed by atoms with E-state index in [1.807, 2.05) is 80.0 Å². The number of nitrogens with zero attached hydrogens (tertiary/aromatic N) is 4. The number of para-hydroxylation sites is 1. The average molecular weight is 437 g/mol. The summed E-state index contributed by atoms with van der Waals surface area (Å²) in [6.07, 6.45) is 1.81. The molecular weight excluding hydrogens is 418 g/mol. The van der Waals surface area contributed by atoms with Gasteiger partial charge in [-0.2, -0.15) is 10.1 Å². The van der Waals surface area contributed by atoms with Crippen molar-refractivity contribution in [2.24, 2.45) is 7.05 Å².